The summed E-state index contributed by atoms with van der Waals surface area (Å²) in [5, 5.41) is 2.46. The van der Waals surface area contributed by atoms with Crippen LogP contribution in [0, 0.1) is 6.92 Å². The summed E-state index contributed by atoms with van der Waals surface area (Å²) in [7, 11) is 0. The van der Waals surface area contributed by atoms with E-state index in [9.17, 15) is 4.79 Å². The molecule has 5 heteroatoms. The lowest BCUT2D eigenvalue weighted by molar-refractivity contribution is -0.153. The molecule has 0 radical (unpaired) electrons. The quantitative estimate of drug-likeness (QED) is 0.147. The van der Waals surface area contributed by atoms with Gasteiger partial charge in [-0.15, -0.1) is 11.8 Å². The fourth-order valence-electron chi connectivity index (χ4n) is 5.20. The minimum atomic E-state index is -0.516. The van der Waals surface area contributed by atoms with Crippen molar-refractivity contribution < 1.29 is 14.3 Å². The summed E-state index contributed by atoms with van der Waals surface area (Å²) in [6, 6.07) is 29.3. The Morgan fingerprint density at radius 1 is 0.897 bits per heavy atom. The lowest BCUT2D eigenvalue weighted by Crippen LogP contribution is -2.25. The zero-order valence-corrected chi connectivity index (χ0v) is 24.1. The fourth-order valence-corrected chi connectivity index (χ4v) is 6.00. The molecule has 39 heavy (non-hydrogen) atoms. The van der Waals surface area contributed by atoms with E-state index in [1.165, 1.54) is 16.3 Å². The Kier molecular flexibility index (Phi) is 7.72. The number of benzene rings is 4. The Morgan fingerprint density at radius 2 is 1.62 bits per heavy atom. The second-order valence-corrected chi connectivity index (χ2v) is 11.7. The van der Waals surface area contributed by atoms with E-state index in [2.05, 4.69) is 78.4 Å². The molecule has 0 aliphatic carbocycles. The van der Waals surface area contributed by atoms with Gasteiger partial charge in [-0.25, -0.2) is 0 Å². The topological polar surface area (TPSA) is 40.5 Å². The van der Waals surface area contributed by atoms with E-state index in [4.69, 9.17) is 9.47 Å². The summed E-state index contributed by atoms with van der Waals surface area (Å²) in [4.78, 5) is 14.0. The molecule has 1 aromatic heterocycles. The van der Waals surface area contributed by atoms with Crippen molar-refractivity contribution in [2.45, 2.75) is 57.8 Å². The molecule has 0 fully saturated rings. The average Bonchev–Trinajstić information content (AvgIpc) is 3.22. The van der Waals surface area contributed by atoms with Gasteiger partial charge in [-0.05, 0) is 74.4 Å². The van der Waals surface area contributed by atoms with E-state index in [-0.39, 0.29) is 12.4 Å². The highest BCUT2D eigenvalue weighted by molar-refractivity contribution is 7.98. The highest BCUT2D eigenvalue weighted by atomic mass is 32.2. The number of carbonyl (C=O) groups excluding carboxylic acids is 1. The Bertz CT molecular complexity index is 1630. The highest BCUT2D eigenvalue weighted by Crippen LogP contribution is 2.40. The van der Waals surface area contributed by atoms with Crippen molar-refractivity contribution in [1.82, 2.24) is 4.57 Å². The Labute approximate surface area is 234 Å². The van der Waals surface area contributed by atoms with Crippen molar-refractivity contribution in [1.29, 1.82) is 0 Å². The number of hydrogen-bond acceptors (Lipinski definition) is 4. The molecule has 5 aromatic rings. The van der Waals surface area contributed by atoms with Crippen LogP contribution in [-0.4, -0.2) is 22.4 Å². The third kappa shape index (κ3) is 5.99. The van der Waals surface area contributed by atoms with Crippen molar-refractivity contribution in [3.8, 4) is 5.75 Å². The predicted molar refractivity (Wildman–Crippen MR) is 162 cm³/mol. The number of ether oxygens (including phenoxy) is 2. The molecule has 0 saturated carbocycles. The van der Waals surface area contributed by atoms with Gasteiger partial charge in [-0.2, -0.15) is 0 Å². The van der Waals surface area contributed by atoms with Crippen LogP contribution in [0.5, 0.6) is 5.75 Å². The molecule has 0 N–H and O–H groups in total. The first-order valence-electron chi connectivity index (χ1n) is 13.3. The van der Waals surface area contributed by atoms with E-state index in [0.717, 1.165) is 38.4 Å². The number of esters is 1. The molecule has 1 heterocycles. The van der Waals surface area contributed by atoms with Crippen molar-refractivity contribution in [2.75, 3.05) is 6.26 Å². The predicted octanol–water partition coefficient (Wildman–Crippen LogP) is 8.34. The van der Waals surface area contributed by atoms with Crippen LogP contribution in [0.4, 0.5) is 0 Å². The first-order chi connectivity index (χ1) is 18.7. The van der Waals surface area contributed by atoms with E-state index >= 15 is 0 Å². The number of rotatable bonds is 8. The van der Waals surface area contributed by atoms with Gasteiger partial charge in [-0.1, -0.05) is 66.7 Å². The van der Waals surface area contributed by atoms with Gasteiger partial charge < -0.3 is 14.0 Å². The van der Waals surface area contributed by atoms with Gasteiger partial charge in [0.05, 0.1) is 11.9 Å². The summed E-state index contributed by atoms with van der Waals surface area (Å²) in [5.41, 5.74) is 6.29. The maximum absolute atomic E-state index is 12.8. The van der Waals surface area contributed by atoms with Crippen LogP contribution in [-0.2, 0) is 29.1 Å². The van der Waals surface area contributed by atoms with E-state index in [1.54, 1.807) is 11.8 Å². The minimum Gasteiger partial charge on any atom is -0.489 e. The normalized spacial score (nSPS) is 11.7. The van der Waals surface area contributed by atoms with Gasteiger partial charge >= 0.3 is 5.97 Å². The number of carbonyl (C=O) groups is 1. The highest BCUT2D eigenvalue weighted by Gasteiger charge is 2.22. The summed E-state index contributed by atoms with van der Waals surface area (Å²) < 4.78 is 14.2. The maximum Gasteiger partial charge on any atom is 0.310 e. The van der Waals surface area contributed by atoms with Gasteiger partial charge in [0, 0.05) is 27.7 Å². The molecular formula is C34H35NO3S. The Morgan fingerprint density at radius 3 is 2.36 bits per heavy atom. The maximum atomic E-state index is 12.8. The van der Waals surface area contributed by atoms with Crippen LogP contribution >= 0.6 is 11.8 Å². The average molecular weight is 538 g/mol. The third-order valence-corrected chi connectivity index (χ3v) is 7.57. The molecule has 0 unspecified atom stereocenters. The molecule has 0 bridgehead atoms. The van der Waals surface area contributed by atoms with Crippen LogP contribution in [0.1, 0.15) is 43.0 Å². The van der Waals surface area contributed by atoms with Crippen LogP contribution in [0.3, 0.4) is 0 Å². The Hall–Kier alpha value is -3.70. The summed E-state index contributed by atoms with van der Waals surface area (Å²) in [6.45, 7) is 9.08. The van der Waals surface area contributed by atoms with Crippen LogP contribution in [0.15, 0.2) is 89.8 Å². The number of aryl methyl sites for hydroxylation is 1. The largest absolute Gasteiger partial charge is 0.489 e. The lowest BCUT2D eigenvalue weighted by atomic mass is 10.0. The van der Waals surface area contributed by atoms with E-state index in [1.807, 2.05) is 45.0 Å². The van der Waals surface area contributed by atoms with Gasteiger partial charge in [0.2, 0.25) is 0 Å². The molecule has 0 aliphatic rings. The molecule has 200 valence electrons. The van der Waals surface area contributed by atoms with Crippen molar-refractivity contribution >= 4 is 39.5 Å². The summed E-state index contributed by atoms with van der Waals surface area (Å²) in [5.74, 6) is 0.645. The lowest BCUT2D eigenvalue weighted by Gasteiger charge is -2.20. The molecule has 0 spiro atoms. The number of fused-ring (bicyclic) bond motifs is 3. The third-order valence-electron chi connectivity index (χ3n) is 6.71. The van der Waals surface area contributed by atoms with Crippen molar-refractivity contribution in [3.05, 3.63) is 107 Å². The first-order valence-corrected chi connectivity index (χ1v) is 14.5. The molecule has 0 saturated heterocycles. The standard InChI is InChI=1S/C34H35NO3S/c1-23-18-26(20-30(36)38-34(2,3)4)33(39-5)32-31(23)28-16-9-10-17-29(28)35(32)21-25-14-11-15-27(19-25)37-22-24-12-7-6-8-13-24/h6-19H,20-22H2,1-5H3. The molecule has 4 nitrogen and oxygen atoms in total. The molecule has 0 amide bonds. The van der Waals surface area contributed by atoms with Crippen LogP contribution < -0.4 is 4.74 Å². The number of thioether (sulfide) groups is 1. The van der Waals surface area contributed by atoms with Crippen LogP contribution in [0.25, 0.3) is 21.8 Å². The van der Waals surface area contributed by atoms with Gasteiger partial charge in [0.15, 0.2) is 0 Å². The molecular weight excluding hydrogens is 502 g/mol. The number of nitrogens with zero attached hydrogens (tertiary/aromatic N) is 1. The second-order valence-electron chi connectivity index (χ2n) is 10.9. The second kappa shape index (κ2) is 11.2. The van der Waals surface area contributed by atoms with Crippen molar-refractivity contribution in [2.24, 2.45) is 0 Å². The van der Waals surface area contributed by atoms with Crippen molar-refractivity contribution in [3.63, 3.8) is 0 Å². The van der Waals surface area contributed by atoms with Gasteiger partial charge in [0.1, 0.15) is 18.0 Å². The monoisotopic (exact) mass is 537 g/mol. The Balaban J connectivity index is 1.56. The molecule has 0 aliphatic heterocycles. The summed E-state index contributed by atoms with van der Waals surface area (Å²) in [6.07, 6.45) is 2.33. The van der Waals surface area contributed by atoms with Gasteiger partial charge in [0.25, 0.3) is 0 Å². The zero-order chi connectivity index (χ0) is 27.6. The SMILES string of the molecule is CSc1c(CC(=O)OC(C)(C)C)cc(C)c2c3ccccc3n(Cc3cccc(OCc4ccccc4)c3)c12. The summed E-state index contributed by atoms with van der Waals surface area (Å²) >= 11 is 1.69. The minimum absolute atomic E-state index is 0.206. The fraction of sp³-hybridized carbons (Fsp3) is 0.265. The van der Waals surface area contributed by atoms with Gasteiger partial charge in [-0.3, -0.25) is 4.79 Å². The van der Waals surface area contributed by atoms with Crippen LogP contribution in [0.2, 0.25) is 0 Å². The molecule has 0 atom stereocenters. The first kappa shape index (κ1) is 26.9. The van der Waals surface area contributed by atoms with E-state index < -0.39 is 5.60 Å². The number of hydrogen-bond donors (Lipinski definition) is 0. The molecule has 4 aromatic carbocycles. The van der Waals surface area contributed by atoms with E-state index in [0.29, 0.717) is 13.2 Å². The number of para-hydroxylation sites is 1. The zero-order valence-electron chi connectivity index (χ0n) is 23.3. The smallest absolute Gasteiger partial charge is 0.310 e. The molecule has 5 rings (SSSR count). The number of aromatic nitrogens is 1.